The van der Waals surface area contributed by atoms with E-state index >= 15 is 0 Å². The number of halogens is 1. The molecule has 0 aliphatic rings. The molecular weight excluding hydrogens is 228 g/mol. The molecule has 0 aromatic heterocycles. The Morgan fingerprint density at radius 2 is 2.19 bits per heavy atom. The van der Waals surface area contributed by atoms with Gasteiger partial charge in [-0.1, -0.05) is 29.4 Å². The molecule has 1 rings (SSSR count). The summed E-state index contributed by atoms with van der Waals surface area (Å²) in [4.78, 5) is 16.3. The number of likely N-dealkylation sites (N-methyl/N-ethyl adjacent to an activating group) is 1. The van der Waals surface area contributed by atoms with Gasteiger partial charge in [-0.15, -0.1) is 11.6 Å². The topological polar surface area (TPSA) is 50.7 Å². The molecule has 0 radical (unpaired) electrons. The number of nitrogens with zero attached hydrogens (tertiary/aromatic N) is 1. The zero-order valence-corrected chi connectivity index (χ0v) is 9.91. The van der Waals surface area contributed by atoms with E-state index in [1.807, 2.05) is 18.2 Å². The van der Waals surface area contributed by atoms with Crippen molar-refractivity contribution in [3.8, 4) is 0 Å². The van der Waals surface area contributed by atoms with E-state index in [1.54, 1.807) is 6.07 Å². The minimum atomic E-state index is -0.306. The molecule has 4 nitrogen and oxygen atoms in total. The molecule has 0 atom stereocenters. The van der Waals surface area contributed by atoms with Gasteiger partial charge in [0, 0.05) is 18.5 Å². The predicted octanol–water partition coefficient (Wildman–Crippen LogP) is 1.52. The highest BCUT2D eigenvalue weighted by Crippen LogP contribution is 2.13. The molecule has 5 heteroatoms. The monoisotopic (exact) mass is 240 g/mol. The Bertz CT molecular complexity index is 405. The third-order valence-corrected chi connectivity index (χ3v) is 2.33. The van der Waals surface area contributed by atoms with E-state index in [2.05, 4.69) is 15.3 Å². The van der Waals surface area contributed by atoms with Gasteiger partial charge in [0.05, 0.1) is 0 Å². The summed E-state index contributed by atoms with van der Waals surface area (Å²) in [6.45, 7) is 0. The molecule has 0 aliphatic carbocycles. The van der Waals surface area contributed by atoms with Crippen LogP contribution in [-0.2, 0) is 15.5 Å². The Kier molecular flexibility index (Phi) is 4.79. The molecule has 0 fully saturated rings. The number of amides is 1. The fourth-order valence-electron chi connectivity index (χ4n) is 1.29. The zero-order chi connectivity index (χ0) is 12.0. The summed E-state index contributed by atoms with van der Waals surface area (Å²) in [5.74, 6) is 0.00928. The fraction of sp³-hybridized carbons (Fsp3) is 0.273. The lowest BCUT2D eigenvalue weighted by atomic mass is 10.0. The van der Waals surface area contributed by atoms with Crippen LogP contribution in [-0.4, -0.2) is 25.8 Å². The second-order valence-electron chi connectivity index (χ2n) is 2.99. The molecule has 1 aromatic carbocycles. The largest absolute Gasteiger partial charge is 0.398 e. The molecule has 1 N–H and O–H groups in total. The van der Waals surface area contributed by atoms with Crippen LogP contribution in [0.25, 0.3) is 0 Å². The van der Waals surface area contributed by atoms with Crippen molar-refractivity contribution >= 4 is 23.2 Å². The maximum Gasteiger partial charge on any atom is 0.273 e. The minimum Gasteiger partial charge on any atom is -0.398 e. The van der Waals surface area contributed by atoms with Gasteiger partial charge in [-0.2, -0.15) is 0 Å². The van der Waals surface area contributed by atoms with Crippen LogP contribution in [0.4, 0.5) is 0 Å². The standard InChI is InChI=1S/C11H13ClN2O2/c1-13-11(15)10(14-16-2)9-6-4-3-5-8(9)7-12/h3-6H,7H2,1-2H3,(H,13,15). The van der Waals surface area contributed by atoms with E-state index in [4.69, 9.17) is 11.6 Å². The molecule has 0 unspecified atom stereocenters. The normalized spacial score (nSPS) is 11.1. The number of nitrogens with one attached hydrogen (secondary N) is 1. The summed E-state index contributed by atoms with van der Waals surface area (Å²) in [6, 6.07) is 7.30. The highest BCUT2D eigenvalue weighted by Gasteiger charge is 2.16. The average molecular weight is 241 g/mol. The van der Waals surface area contributed by atoms with Crippen molar-refractivity contribution in [3.05, 3.63) is 35.4 Å². The van der Waals surface area contributed by atoms with Crippen molar-refractivity contribution in [2.45, 2.75) is 5.88 Å². The lowest BCUT2D eigenvalue weighted by Crippen LogP contribution is -2.29. The van der Waals surface area contributed by atoms with Crippen molar-refractivity contribution in [2.75, 3.05) is 14.2 Å². The van der Waals surface area contributed by atoms with Crippen LogP contribution in [0.3, 0.4) is 0 Å². The number of alkyl halides is 1. The van der Waals surface area contributed by atoms with Crippen molar-refractivity contribution in [1.29, 1.82) is 0 Å². The van der Waals surface area contributed by atoms with Crippen LogP contribution in [0.1, 0.15) is 11.1 Å². The van der Waals surface area contributed by atoms with Gasteiger partial charge in [0.1, 0.15) is 7.11 Å². The van der Waals surface area contributed by atoms with Crippen LogP contribution in [0, 0.1) is 0 Å². The minimum absolute atomic E-state index is 0.223. The number of carbonyl (C=O) groups is 1. The number of hydrogen-bond donors (Lipinski definition) is 1. The van der Waals surface area contributed by atoms with E-state index in [9.17, 15) is 4.79 Å². The summed E-state index contributed by atoms with van der Waals surface area (Å²) >= 11 is 5.80. The first-order valence-electron chi connectivity index (χ1n) is 4.72. The molecule has 86 valence electrons. The van der Waals surface area contributed by atoms with Crippen LogP contribution in [0.5, 0.6) is 0 Å². The summed E-state index contributed by atoms with van der Waals surface area (Å²) in [6.07, 6.45) is 0. The number of benzene rings is 1. The molecule has 1 aromatic rings. The molecule has 16 heavy (non-hydrogen) atoms. The number of rotatable bonds is 4. The van der Waals surface area contributed by atoms with Gasteiger partial charge in [0.25, 0.3) is 5.91 Å². The van der Waals surface area contributed by atoms with Crippen molar-refractivity contribution in [3.63, 3.8) is 0 Å². The van der Waals surface area contributed by atoms with Crippen LogP contribution >= 0.6 is 11.6 Å². The maximum absolute atomic E-state index is 11.6. The van der Waals surface area contributed by atoms with Crippen molar-refractivity contribution in [2.24, 2.45) is 5.16 Å². The quantitative estimate of drug-likeness (QED) is 0.493. The van der Waals surface area contributed by atoms with Crippen molar-refractivity contribution < 1.29 is 9.63 Å². The van der Waals surface area contributed by atoms with Gasteiger partial charge in [-0.05, 0) is 5.56 Å². The van der Waals surface area contributed by atoms with Crippen molar-refractivity contribution in [1.82, 2.24) is 5.32 Å². The van der Waals surface area contributed by atoms with Gasteiger partial charge < -0.3 is 10.2 Å². The highest BCUT2D eigenvalue weighted by atomic mass is 35.5. The molecule has 1 amide bonds. The Labute approximate surface area is 99.2 Å². The van der Waals surface area contributed by atoms with Gasteiger partial charge >= 0.3 is 0 Å². The zero-order valence-electron chi connectivity index (χ0n) is 9.16. The predicted molar refractivity (Wildman–Crippen MR) is 63.6 cm³/mol. The van der Waals surface area contributed by atoms with E-state index in [0.717, 1.165) is 5.56 Å². The van der Waals surface area contributed by atoms with E-state index in [-0.39, 0.29) is 11.6 Å². The first-order valence-corrected chi connectivity index (χ1v) is 5.25. The fourth-order valence-corrected chi connectivity index (χ4v) is 1.52. The number of carbonyl (C=O) groups excluding carboxylic acids is 1. The summed E-state index contributed by atoms with van der Waals surface area (Å²) < 4.78 is 0. The third-order valence-electron chi connectivity index (χ3n) is 2.04. The van der Waals surface area contributed by atoms with Gasteiger partial charge in [0.15, 0.2) is 5.71 Å². The first-order chi connectivity index (χ1) is 7.74. The first kappa shape index (κ1) is 12.5. The van der Waals surface area contributed by atoms with Crippen LogP contribution in [0.2, 0.25) is 0 Å². The summed E-state index contributed by atoms with van der Waals surface area (Å²) in [7, 11) is 2.93. The Morgan fingerprint density at radius 3 is 2.75 bits per heavy atom. The second kappa shape index (κ2) is 6.12. The summed E-state index contributed by atoms with van der Waals surface area (Å²) in [5, 5.41) is 6.23. The molecule has 0 saturated carbocycles. The summed E-state index contributed by atoms with van der Waals surface area (Å²) in [5.41, 5.74) is 1.74. The molecule has 0 spiro atoms. The SMILES string of the molecule is CNC(=O)C(=NOC)c1ccccc1CCl. The Morgan fingerprint density at radius 1 is 1.50 bits per heavy atom. The number of oxime groups is 1. The van der Waals surface area contributed by atoms with E-state index < -0.39 is 0 Å². The van der Waals surface area contributed by atoms with Crippen LogP contribution < -0.4 is 5.32 Å². The smallest absolute Gasteiger partial charge is 0.273 e. The van der Waals surface area contributed by atoms with E-state index in [0.29, 0.717) is 11.4 Å². The highest BCUT2D eigenvalue weighted by molar-refractivity contribution is 6.45. The lowest BCUT2D eigenvalue weighted by Gasteiger charge is -2.08. The second-order valence-corrected chi connectivity index (χ2v) is 3.26. The average Bonchev–Trinajstić information content (AvgIpc) is 2.35. The van der Waals surface area contributed by atoms with Crippen LogP contribution in [0.15, 0.2) is 29.4 Å². The van der Waals surface area contributed by atoms with E-state index in [1.165, 1.54) is 14.2 Å². The van der Waals surface area contributed by atoms with Gasteiger partial charge in [-0.25, -0.2) is 0 Å². The van der Waals surface area contributed by atoms with Gasteiger partial charge in [-0.3, -0.25) is 4.79 Å². The molecule has 0 heterocycles. The molecular formula is C11H13ClN2O2. The Balaban J connectivity index is 3.21. The third kappa shape index (κ3) is 2.73. The van der Waals surface area contributed by atoms with Gasteiger partial charge in [0.2, 0.25) is 0 Å². The lowest BCUT2D eigenvalue weighted by molar-refractivity contribution is -0.114. The Hall–Kier alpha value is -1.55. The maximum atomic E-state index is 11.6. The molecule has 0 bridgehead atoms. The number of hydrogen-bond acceptors (Lipinski definition) is 3. The molecule has 0 saturated heterocycles. The molecule has 0 aliphatic heterocycles.